The first-order valence-electron chi connectivity index (χ1n) is 5.29. The molecule has 0 aromatic carbocycles. The van der Waals surface area contributed by atoms with Crippen LogP contribution in [0.3, 0.4) is 0 Å². The molecule has 0 fully saturated rings. The van der Waals surface area contributed by atoms with Crippen LogP contribution >= 0.6 is 0 Å². The minimum absolute atomic E-state index is 0.290. The van der Waals surface area contributed by atoms with Crippen LogP contribution in [0.4, 0.5) is 0 Å². The lowest BCUT2D eigenvalue weighted by Crippen LogP contribution is -2.15. The maximum absolute atomic E-state index is 11.9. The first-order chi connectivity index (χ1) is 8.22. The molecule has 0 saturated carbocycles. The quantitative estimate of drug-likeness (QED) is 0.595. The van der Waals surface area contributed by atoms with E-state index in [1.165, 1.54) is 6.20 Å². The number of imidazole rings is 1. The lowest BCUT2D eigenvalue weighted by Gasteiger charge is -2.09. The van der Waals surface area contributed by atoms with Crippen molar-refractivity contribution in [2.45, 2.75) is 19.4 Å². The molecule has 0 spiro atoms. The van der Waals surface area contributed by atoms with Crippen molar-refractivity contribution in [1.82, 2.24) is 9.38 Å². The predicted octanol–water partition coefficient (Wildman–Crippen LogP) is 1.90. The Hall–Kier alpha value is -2.28. The summed E-state index contributed by atoms with van der Waals surface area (Å²) in [6.07, 6.45) is 8.54. The van der Waals surface area contributed by atoms with E-state index in [2.05, 4.69) is 10.9 Å². The van der Waals surface area contributed by atoms with Crippen molar-refractivity contribution in [2.75, 3.05) is 0 Å². The standard InChI is InChI=1S/C13H12N2O2/c1-3-6-10(2)17-13(16)11-9-14-12-7-4-5-8-15(11)12/h1,4-5,7-10H,6H2,2H3/t10-/m0/s1. The molecule has 0 aliphatic heterocycles. The van der Waals surface area contributed by atoms with E-state index >= 15 is 0 Å². The van der Waals surface area contributed by atoms with Gasteiger partial charge in [0.15, 0.2) is 5.69 Å². The molecule has 0 aliphatic rings. The molecule has 0 radical (unpaired) electrons. The summed E-state index contributed by atoms with van der Waals surface area (Å²) in [4.78, 5) is 16.0. The van der Waals surface area contributed by atoms with E-state index < -0.39 is 5.97 Å². The first kappa shape index (κ1) is 11.2. The average molecular weight is 228 g/mol. The Labute approximate surface area is 99.2 Å². The van der Waals surface area contributed by atoms with Gasteiger partial charge in [0.25, 0.3) is 0 Å². The number of hydrogen-bond donors (Lipinski definition) is 0. The molecule has 0 aliphatic carbocycles. The Morgan fingerprint density at radius 2 is 2.47 bits per heavy atom. The smallest absolute Gasteiger partial charge is 0.357 e. The molecule has 1 atom stereocenters. The number of carbonyl (C=O) groups excluding carboxylic acids is 1. The zero-order chi connectivity index (χ0) is 12.3. The highest BCUT2D eigenvalue weighted by molar-refractivity contribution is 5.88. The highest BCUT2D eigenvalue weighted by atomic mass is 16.5. The number of aromatic nitrogens is 2. The van der Waals surface area contributed by atoms with Crippen molar-refractivity contribution in [3.05, 3.63) is 36.3 Å². The second kappa shape index (κ2) is 4.71. The van der Waals surface area contributed by atoms with Crippen molar-refractivity contribution < 1.29 is 9.53 Å². The molecule has 0 amide bonds. The molecule has 4 heteroatoms. The molecular weight excluding hydrogens is 216 g/mol. The topological polar surface area (TPSA) is 43.6 Å². The van der Waals surface area contributed by atoms with Gasteiger partial charge in [-0.05, 0) is 19.1 Å². The predicted molar refractivity (Wildman–Crippen MR) is 63.5 cm³/mol. The van der Waals surface area contributed by atoms with Crippen molar-refractivity contribution >= 4 is 11.6 Å². The van der Waals surface area contributed by atoms with Crippen LogP contribution < -0.4 is 0 Å². The molecule has 86 valence electrons. The molecule has 2 heterocycles. The summed E-state index contributed by atoms with van der Waals surface area (Å²) in [5.41, 5.74) is 1.12. The van der Waals surface area contributed by atoms with Crippen LogP contribution in [0.5, 0.6) is 0 Å². The number of hydrogen-bond acceptors (Lipinski definition) is 3. The molecule has 0 unspecified atom stereocenters. The van der Waals surface area contributed by atoms with Gasteiger partial charge in [-0.3, -0.25) is 4.40 Å². The number of carbonyl (C=O) groups is 1. The highest BCUT2D eigenvalue weighted by Gasteiger charge is 2.15. The molecular formula is C13H12N2O2. The van der Waals surface area contributed by atoms with Crippen molar-refractivity contribution in [3.63, 3.8) is 0 Å². The molecule has 2 rings (SSSR count). The Balaban J connectivity index is 2.23. The van der Waals surface area contributed by atoms with Crippen molar-refractivity contribution in [2.24, 2.45) is 0 Å². The van der Waals surface area contributed by atoms with E-state index in [-0.39, 0.29) is 6.10 Å². The van der Waals surface area contributed by atoms with Gasteiger partial charge in [-0.1, -0.05) is 6.07 Å². The number of pyridine rings is 1. The Morgan fingerprint density at radius 1 is 1.65 bits per heavy atom. The van der Waals surface area contributed by atoms with Crippen LogP contribution in [-0.2, 0) is 4.74 Å². The van der Waals surface area contributed by atoms with E-state index in [1.807, 2.05) is 18.2 Å². The van der Waals surface area contributed by atoms with Crippen LogP contribution in [0.15, 0.2) is 30.6 Å². The SMILES string of the molecule is C#CC[C@H](C)OC(=O)c1cnc2ccccn12. The third-order valence-corrected chi connectivity index (χ3v) is 2.34. The molecule has 4 nitrogen and oxygen atoms in total. The van der Waals surface area contributed by atoms with Crippen LogP contribution in [0.1, 0.15) is 23.8 Å². The normalized spacial score (nSPS) is 12.0. The number of nitrogens with zero attached hydrogens (tertiary/aromatic N) is 2. The maximum atomic E-state index is 11.9. The third-order valence-electron chi connectivity index (χ3n) is 2.34. The fourth-order valence-corrected chi connectivity index (χ4v) is 1.53. The summed E-state index contributed by atoms with van der Waals surface area (Å²) in [7, 11) is 0. The molecule has 0 N–H and O–H groups in total. The average Bonchev–Trinajstić information content (AvgIpc) is 2.72. The van der Waals surface area contributed by atoms with Crippen LogP contribution in [0.25, 0.3) is 5.65 Å². The lowest BCUT2D eigenvalue weighted by atomic mass is 10.3. The molecule has 2 aromatic heterocycles. The number of fused-ring (bicyclic) bond motifs is 1. The van der Waals surface area contributed by atoms with E-state index in [9.17, 15) is 4.79 Å². The van der Waals surface area contributed by atoms with E-state index in [0.29, 0.717) is 17.8 Å². The minimum atomic E-state index is -0.411. The Bertz CT molecular complexity index is 580. The van der Waals surface area contributed by atoms with Gasteiger partial charge in [-0.2, -0.15) is 0 Å². The number of rotatable bonds is 3. The second-order valence-electron chi connectivity index (χ2n) is 3.70. The largest absolute Gasteiger partial charge is 0.457 e. The minimum Gasteiger partial charge on any atom is -0.457 e. The summed E-state index contributed by atoms with van der Waals surface area (Å²) < 4.78 is 6.89. The van der Waals surface area contributed by atoms with Gasteiger partial charge in [-0.15, -0.1) is 12.3 Å². The molecule has 17 heavy (non-hydrogen) atoms. The first-order valence-corrected chi connectivity index (χ1v) is 5.29. The molecule has 2 aromatic rings. The number of esters is 1. The summed E-state index contributed by atoms with van der Waals surface area (Å²) in [5, 5.41) is 0. The second-order valence-corrected chi connectivity index (χ2v) is 3.70. The van der Waals surface area contributed by atoms with Gasteiger partial charge in [0.2, 0.25) is 0 Å². The number of ether oxygens (including phenoxy) is 1. The monoisotopic (exact) mass is 228 g/mol. The summed E-state index contributed by atoms with van der Waals surface area (Å²) >= 11 is 0. The molecule has 0 bridgehead atoms. The van der Waals surface area contributed by atoms with E-state index in [1.54, 1.807) is 17.5 Å². The van der Waals surface area contributed by atoms with E-state index in [4.69, 9.17) is 11.2 Å². The summed E-state index contributed by atoms with van der Waals surface area (Å²) in [5.74, 6) is 2.04. The Morgan fingerprint density at radius 3 is 3.24 bits per heavy atom. The van der Waals surface area contributed by atoms with Crippen LogP contribution in [0, 0.1) is 12.3 Å². The van der Waals surface area contributed by atoms with Gasteiger partial charge in [0, 0.05) is 12.6 Å². The van der Waals surface area contributed by atoms with E-state index in [0.717, 1.165) is 0 Å². The number of terminal acetylenes is 1. The fourth-order valence-electron chi connectivity index (χ4n) is 1.53. The lowest BCUT2D eigenvalue weighted by molar-refractivity contribution is 0.0344. The summed E-state index contributed by atoms with van der Waals surface area (Å²) in [6.45, 7) is 1.76. The van der Waals surface area contributed by atoms with Crippen LogP contribution in [0.2, 0.25) is 0 Å². The maximum Gasteiger partial charge on any atom is 0.357 e. The van der Waals surface area contributed by atoms with Gasteiger partial charge < -0.3 is 4.74 Å². The van der Waals surface area contributed by atoms with Gasteiger partial charge in [0.1, 0.15) is 11.8 Å². The fraction of sp³-hybridized carbons (Fsp3) is 0.231. The van der Waals surface area contributed by atoms with Gasteiger partial charge in [0.05, 0.1) is 6.20 Å². The highest BCUT2D eigenvalue weighted by Crippen LogP contribution is 2.09. The third kappa shape index (κ3) is 2.28. The summed E-state index contributed by atoms with van der Waals surface area (Å²) in [6, 6.07) is 5.51. The Kier molecular flexibility index (Phi) is 3.10. The van der Waals surface area contributed by atoms with Crippen molar-refractivity contribution in [3.8, 4) is 12.3 Å². The van der Waals surface area contributed by atoms with Gasteiger partial charge in [-0.25, -0.2) is 9.78 Å². The van der Waals surface area contributed by atoms with Gasteiger partial charge >= 0.3 is 5.97 Å². The van der Waals surface area contributed by atoms with Crippen molar-refractivity contribution in [1.29, 1.82) is 0 Å². The zero-order valence-corrected chi connectivity index (χ0v) is 9.46. The molecule has 0 saturated heterocycles. The zero-order valence-electron chi connectivity index (χ0n) is 9.46. The van der Waals surface area contributed by atoms with Crippen LogP contribution in [-0.4, -0.2) is 21.5 Å².